The van der Waals surface area contributed by atoms with Crippen molar-refractivity contribution in [3.63, 3.8) is 0 Å². The molecule has 1 aromatic heterocycles. The predicted molar refractivity (Wildman–Crippen MR) is 109 cm³/mol. The van der Waals surface area contributed by atoms with Crippen molar-refractivity contribution >= 4 is 50.8 Å². The van der Waals surface area contributed by atoms with Crippen LogP contribution in [0.15, 0.2) is 69.6 Å². The molecule has 0 bridgehead atoms. The smallest absolute Gasteiger partial charge is 0.371 e. The van der Waals surface area contributed by atoms with Crippen LogP contribution in [0.2, 0.25) is 0 Å². The summed E-state index contributed by atoms with van der Waals surface area (Å²) in [6, 6.07) is 16.9. The van der Waals surface area contributed by atoms with Crippen LogP contribution in [-0.2, 0) is 0 Å². The van der Waals surface area contributed by atoms with E-state index in [1.165, 1.54) is 6.07 Å². The van der Waals surface area contributed by atoms with Gasteiger partial charge in [0.25, 0.3) is 5.91 Å². The fourth-order valence-corrected chi connectivity index (χ4v) is 2.91. The number of halogens is 1. The first-order chi connectivity index (χ1) is 12.9. The molecule has 2 aromatic carbocycles. The number of anilines is 1. The van der Waals surface area contributed by atoms with Crippen molar-refractivity contribution in [2.75, 3.05) is 5.32 Å². The highest BCUT2D eigenvalue weighted by Gasteiger charge is 2.15. The van der Waals surface area contributed by atoms with Crippen LogP contribution in [-0.4, -0.2) is 22.1 Å². The Balaban J connectivity index is 1.81. The molecule has 1 heterocycles. The molecule has 0 unspecified atom stereocenters. The molecule has 3 N–H and O–H groups in total. The second-order valence-corrected chi connectivity index (χ2v) is 6.76. The van der Waals surface area contributed by atoms with Crippen LogP contribution in [0.5, 0.6) is 0 Å². The average Bonchev–Trinajstić information content (AvgIpc) is 3.12. The monoisotopic (exact) mass is 444 g/mol. The van der Waals surface area contributed by atoms with E-state index >= 15 is 0 Å². The third-order valence-electron chi connectivity index (χ3n) is 3.58. The molecule has 0 fully saturated rings. The molecule has 0 spiro atoms. The van der Waals surface area contributed by atoms with Gasteiger partial charge in [0.2, 0.25) is 5.76 Å². The van der Waals surface area contributed by atoms with Crippen molar-refractivity contribution in [2.45, 2.75) is 0 Å². The van der Waals surface area contributed by atoms with Gasteiger partial charge in [-0.05, 0) is 54.7 Å². The highest BCUT2D eigenvalue weighted by molar-refractivity contribution is 9.10. The maximum atomic E-state index is 12.2. The molecule has 0 radical (unpaired) electrons. The number of carbonyl (C=O) groups is 2. The molecule has 3 rings (SSSR count). The predicted octanol–water partition coefficient (Wildman–Crippen LogP) is 4.53. The van der Waals surface area contributed by atoms with E-state index in [9.17, 15) is 9.59 Å². The summed E-state index contributed by atoms with van der Waals surface area (Å²) in [4.78, 5) is 23.2. The van der Waals surface area contributed by atoms with Gasteiger partial charge in [0.15, 0.2) is 5.11 Å². The lowest BCUT2D eigenvalue weighted by Crippen LogP contribution is -2.34. The number of carboxylic acid groups (broad SMARTS) is 1. The van der Waals surface area contributed by atoms with Gasteiger partial charge in [-0.15, -0.1) is 0 Å². The summed E-state index contributed by atoms with van der Waals surface area (Å²) >= 11 is 8.61. The molecular weight excluding hydrogens is 432 g/mol. The minimum Gasteiger partial charge on any atom is -0.475 e. The van der Waals surface area contributed by atoms with Gasteiger partial charge in [0.1, 0.15) is 5.76 Å². The zero-order chi connectivity index (χ0) is 19.4. The van der Waals surface area contributed by atoms with Gasteiger partial charge in [-0.25, -0.2) is 4.79 Å². The van der Waals surface area contributed by atoms with Crippen LogP contribution >= 0.6 is 28.1 Å². The molecule has 1 amide bonds. The van der Waals surface area contributed by atoms with Crippen LogP contribution in [0.1, 0.15) is 20.9 Å². The van der Waals surface area contributed by atoms with Gasteiger partial charge in [0.05, 0.1) is 5.69 Å². The highest BCUT2D eigenvalue weighted by Crippen LogP contribution is 2.32. The lowest BCUT2D eigenvalue weighted by atomic mass is 10.1. The molecule has 8 heteroatoms. The zero-order valence-corrected chi connectivity index (χ0v) is 16.1. The van der Waals surface area contributed by atoms with E-state index in [1.807, 2.05) is 6.07 Å². The van der Waals surface area contributed by atoms with E-state index in [-0.39, 0.29) is 16.8 Å². The second-order valence-electron chi connectivity index (χ2n) is 5.43. The van der Waals surface area contributed by atoms with Crippen LogP contribution in [0.3, 0.4) is 0 Å². The first kappa shape index (κ1) is 18.8. The van der Waals surface area contributed by atoms with Gasteiger partial charge in [0, 0.05) is 15.6 Å². The lowest BCUT2D eigenvalue weighted by Gasteiger charge is -2.13. The lowest BCUT2D eigenvalue weighted by molar-refractivity contribution is 0.0663. The maximum Gasteiger partial charge on any atom is 0.371 e. The third kappa shape index (κ3) is 4.60. The van der Waals surface area contributed by atoms with Gasteiger partial charge in [-0.2, -0.15) is 0 Å². The third-order valence-corrected chi connectivity index (χ3v) is 4.27. The summed E-state index contributed by atoms with van der Waals surface area (Å²) in [5.74, 6) is -1.30. The molecule has 0 aliphatic heterocycles. The van der Waals surface area contributed by atoms with Crippen LogP contribution in [0.25, 0.3) is 11.3 Å². The summed E-state index contributed by atoms with van der Waals surface area (Å²) in [5, 5.41) is 14.7. The van der Waals surface area contributed by atoms with Crippen molar-refractivity contribution in [2.24, 2.45) is 0 Å². The zero-order valence-electron chi connectivity index (χ0n) is 13.7. The second kappa shape index (κ2) is 8.15. The molecule has 6 nitrogen and oxygen atoms in total. The SMILES string of the molecule is O=C(NC(=S)Nc1cc(Br)ccc1-c1ccc(C(=O)O)o1)c1ccccc1. The Hall–Kier alpha value is -2.97. The number of nitrogens with one attached hydrogen (secondary N) is 2. The summed E-state index contributed by atoms with van der Waals surface area (Å²) in [5.41, 5.74) is 1.63. The van der Waals surface area contributed by atoms with Crippen LogP contribution < -0.4 is 10.6 Å². The molecule has 0 aliphatic carbocycles. The number of hydrogen-bond acceptors (Lipinski definition) is 4. The minimum absolute atomic E-state index is 0.105. The largest absolute Gasteiger partial charge is 0.475 e. The maximum absolute atomic E-state index is 12.2. The Kier molecular flexibility index (Phi) is 5.68. The first-order valence-electron chi connectivity index (χ1n) is 7.74. The number of rotatable bonds is 4. The Morgan fingerprint density at radius 3 is 2.44 bits per heavy atom. The van der Waals surface area contributed by atoms with Gasteiger partial charge >= 0.3 is 5.97 Å². The molecule has 3 aromatic rings. The van der Waals surface area contributed by atoms with E-state index in [0.29, 0.717) is 22.6 Å². The fourth-order valence-electron chi connectivity index (χ4n) is 2.35. The van der Waals surface area contributed by atoms with Crippen LogP contribution in [0, 0.1) is 0 Å². The minimum atomic E-state index is -1.15. The van der Waals surface area contributed by atoms with Gasteiger partial charge in [-0.3, -0.25) is 10.1 Å². The van der Waals surface area contributed by atoms with Crippen molar-refractivity contribution in [3.05, 3.63) is 76.5 Å². The molecule has 0 atom stereocenters. The number of hydrogen-bond donors (Lipinski definition) is 3. The van der Waals surface area contributed by atoms with E-state index in [1.54, 1.807) is 48.5 Å². The molecule has 0 saturated carbocycles. The van der Waals surface area contributed by atoms with Gasteiger partial charge in [-0.1, -0.05) is 34.1 Å². The number of carbonyl (C=O) groups excluding carboxylic acids is 1. The van der Waals surface area contributed by atoms with Crippen molar-refractivity contribution in [1.82, 2.24) is 5.32 Å². The summed E-state index contributed by atoms with van der Waals surface area (Å²) in [7, 11) is 0. The van der Waals surface area contributed by atoms with E-state index in [4.69, 9.17) is 21.7 Å². The quantitative estimate of drug-likeness (QED) is 0.511. The number of benzene rings is 2. The van der Waals surface area contributed by atoms with Crippen molar-refractivity contribution in [1.29, 1.82) is 0 Å². The van der Waals surface area contributed by atoms with E-state index in [0.717, 1.165) is 4.47 Å². The van der Waals surface area contributed by atoms with Crippen molar-refractivity contribution < 1.29 is 19.1 Å². The molecular formula is C19H13BrN2O4S. The normalized spacial score (nSPS) is 10.3. The Morgan fingerprint density at radius 2 is 1.78 bits per heavy atom. The Labute approximate surface area is 168 Å². The molecule has 136 valence electrons. The Bertz CT molecular complexity index is 1020. The number of carboxylic acids is 1. The van der Waals surface area contributed by atoms with E-state index in [2.05, 4.69) is 26.6 Å². The first-order valence-corrected chi connectivity index (χ1v) is 8.94. The van der Waals surface area contributed by atoms with E-state index < -0.39 is 5.97 Å². The number of thiocarbonyl (C=S) groups is 1. The van der Waals surface area contributed by atoms with Gasteiger partial charge < -0.3 is 14.8 Å². The standard InChI is InChI=1S/C19H13BrN2O4S/c20-12-6-7-13(15-8-9-16(26-15)18(24)25)14(10-12)21-19(27)22-17(23)11-4-2-1-3-5-11/h1-10H,(H,24,25)(H2,21,22,23,27). The summed E-state index contributed by atoms with van der Waals surface area (Å²) in [6.45, 7) is 0. The highest BCUT2D eigenvalue weighted by atomic mass is 79.9. The fraction of sp³-hybridized carbons (Fsp3) is 0. The number of aromatic carboxylic acids is 1. The molecule has 0 saturated heterocycles. The number of furan rings is 1. The topological polar surface area (TPSA) is 91.6 Å². The Morgan fingerprint density at radius 1 is 1.04 bits per heavy atom. The molecule has 27 heavy (non-hydrogen) atoms. The summed E-state index contributed by atoms with van der Waals surface area (Å²) in [6.07, 6.45) is 0. The number of amides is 1. The molecule has 0 aliphatic rings. The van der Waals surface area contributed by atoms with Crippen molar-refractivity contribution in [3.8, 4) is 11.3 Å². The average molecular weight is 445 g/mol. The van der Waals surface area contributed by atoms with Crippen LogP contribution in [0.4, 0.5) is 5.69 Å². The summed E-state index contributed by atoms with van der Waals surface area (Å²) < 4.78 is 6.13.